The van der Waals surface area contributed by atoms with Gasteiger partial charge in [0.15, 0.2) is 0 Å². The molecular formula is C18H20FNO2S. The van der Waals surface area contributed by atoms with Gasteiger partial charge in [-0.2, -0.15) is 0 Å². The Hall–Kier alpha value is -2.01. The zero-order chi connectivity index (χ0) is 16.7. The zero-order valence-electron chi connectivity index (χ0n) is 13.2. The number of hydrogen-bond donors (Lipinski definition) is 1. The quantitative estimate of drug-likeness (QED) is 0.834. The first-order chi connectivity index (χ1) is 11.1. The third kappa shape index (κ3) is 5.28. The van der Waals surface area contributed by atoms with E-state index in [1.807, 2.05) is 37.3 Å². The number of carbonyl (C=O) groups is 1. The van der Waals surface area contributed by atoms with Crippen LogP contribution >= 0.6 is 11.8 Å². The molecule has 1 atom stereocenters. The Kier molecular flexibility index (Phi) is 6.47. The Morgan fingerprint density at radius 3 is 2.70 bits per heavy atom. The lowest BCUT2D eigenvalue weighted by Gasteiger charge is -2.14. The molecule has 0 aliphatic rings. The minimum Gasteiger partial charge on any atom is -0.496 e. The molecule has 0 heterocycles. The van der Waals surface area contributed by atoms with Crippen LogP contribution in [-0.4, -0.2) is 18.8 Å². The maximum Gasteiger partial charge on any atom is 0.230 e. The van der Waals surface area contributed by atoms with Crippen molar-refractivity contribution < 1.29 is 13.9 Å². The lowest BCUT2D eigenvalue weighted by atomic mass is 10.1. The van der Waals surface area contributed by atoms with Crippen molar-refractivity contribution in [3.63, 3.8) is 0 Å². The Balaban J connectivity index is 1.82. The van der Waals surface area contributed by atoms with E-state index < -0.39 is 0 Å². The predicted molar refractivity (Wildman–Crippen MR) is 92.1 cm³/mol. The molecule has 23 heavy (non-hydrogen) atoms. The molecule has 2 aromatic carbocycles. The van der Waals surface area contributed by atoms with Gasteiger partial charge in [0, 0.05) is 11.3 Å². The van der Waals surface area contributed by atoms with E-state index >= 15 is 0 Å². The van der Waals surface area contributed by atoms with Crippen molar-refractivity contribution in [3.8, 4) is 5.75 Å². The molecule has 0 radical (unpaired) electrons. The van der Waals surface area contributed by atoms with Gasteiger partial charge in [-0.05, 0) is 30.7 Å². The van der Waals surface area contributed by atoms with Gasteiger partial charge in [-0.25, -0.2) is 4.39 Å². The molecule has 0 fully saturated rings. The molecule has 0 spiro atoms. The minimum atomic E-state index is -0.302. The molecule has 0 saturated heterocycles. The van der Waals surface area contributed by atoms with E-state index in [9.17, 15) is 9.18 Å². The topological polar surface area (TPSA) is 38.3 Å². The van der Waals surface area contributed by atoms with E-state index in [4.69, 9.17) is 4.74 Å². The molecule has 0 aliphatic carbocycles. The molecule has 0 saturated carbocycles. The van der Waals surface area contributed by atoms with Crippen LogP contribution in [0.25, 0.3) is 0 Å². The van der Waals surface area contributed by atoms with Crippen LogP contribution < -0.4 is 10.1 Å². The molecule has 2 rings (SSSR count). The molecule has 2 aromatic rings. The zero-order valence-corrected chi connectivity index (χ0v) is 14.0. The Morgan fingerprint density at radius 1 is 1.26 bits per heavy atom. The second-order valence-corrected chi connectivity index (χ2v) is 6.13. The maximum absolute atomic E-state index is 13.3. The molecule has 0 aromatic heterocycles. The van der Waals surface area contributed by atoms with Gasteiger partial charge in [-0.15, -0.1) is 11.8 Å². The summed E-state index contributed by atoms with van der Waals surface area (Å²) in [5.41, 5.74) is 1.82. The second kappa shape index (κ2) is 8.58. The third-order valence-electron chi connectivity index (χ3n) is 3.41. The van der Waals surface area contributed by atoms with E-state index in [0.717, 1.165) is 11.1 Å². The van der Waals surface area contributed by atoms with Gasteiger partial charge in [0.25, 0.3) is 0 Å². The van der Waals surface area contributed by atoms with E-state index in [2.05, 4.69) is 5.32 Å². The van der Waals surface area contributed by atoms with Gasteiger partial charge in [-0.3, -0.25) is 4.79 Å². The number of carbonyl (C=O) groups excluding carboxylic acids is 1. The van der Waals surface area contributed by atoms with Crippen molar-refractivity contribution in [2.75, 3.05) is 12.9 Å². The fourth-order valence-electron chi connectivity index (χ4n) is 2.22. The van der Waals surface area contributed by atoms with Crippen LogP contribution in [0.4, 0.5) is 4.39 Å². The highest BCUT2D eigenvalue weighted by Crippen LogP contribution is 2.24. The van der Waals surface area contributed by atoms with Crippen LogP contribution in [0.1, 0.15) is 24.1 Å². The van der Waals surface area contributed by atoms with Crippen molar-refractivity contribution in [1.29, 1.82) is 0 Å². The standard InChI is InChI=1S/C18H20FNO2S/c1-13(14-6-4-3-5-7-14)20-18(21)12-23-11-15-10-16(19)8-9-17(15)22-2/h3-10,13H,11-12H2,1-2H3,(H,20,21)/t13-/m0/s1. The summed E-state index contributed by atoms with van der Waals surface area (Å²) in [4.78, 5) is 12.0. The van der Waals surface area contributed by atoms with Crippen molar-refractivity contribution in [3.05, 3.63) is 65.5 Å². The predicted octanol–water partition coefficient (Wildman–Crippen LogP) is 3.94. The fraction of sp³-hybridized carbons (Fsp3) is 0.278. The van der Waals surface area contributed by atoms with Crippen molar-refractivity contribution in [2.45, 2.75) is 18.7 Å². The maximum atomic E-state index is 13.3. The Morgan fingerprint density at radius 2 is 2.00 bits per heavy atom. The summed E-state index contributed by atoms with van der Waals surface area (Å²) in [6.07, 6.45) is 0. The summed E-state index contributed by atoms with van der Waals surface area (Å²) in [5, 5.41) is 2.96. The number of methoxy groups -OCH3 is 1. The molecule has 122 valence electrons. The van der Waals surface area contributed by atoms with Crippen LogP contribution in [0.15, 0.2) is 48.5 Å². The largest absolute Gasteiger partial charge is 0.496 e. The average Bonchev–Trinajstić information content (AvgIpc) is 2.56. The highest BCUT2D eigenvalue weighted by molar-refractivity contribution is 7.99. The van der Waals surface area contributed by atoms with Crippen molar-refractivity contribution >= 4 is 17.7 Å². The van der Waals surface area contributed by atoms with Crippen LogP contribution in [-0.2, 0) is 10.5 Å². The number of benzene rings is 2. The average molecular weight is 333 g/mol. The SMILES string of the molecule is COc1ccc(F)cc1CSCC(=O)N[C@@H](C)c1ccccc1. The molecule has 3 nitrogen and oxygen atoms in total. The van der Waals surface area contributed by atoms with E-state index in [1.165, 1.54) is 23.9 Å². The van der Waals surface area contributed by atoms with Gasteiger partial charge >= 0.3 is 0 Å². The molecule has 1 amide bonds. The summed E-state index contributed by atoms with van der Waals surface area (Å²) in [7, 11) is 1.55. The smallest absolute Gasteiger partial charge is 0.230 e. The first-order valence-electron chi connectivity index (χ1n) is 7.34. The number of hydrogen-bond acceptors (Lipinski definition) is 3. The fourth-order valence-corrected chi connectivity index (χ4v) is 3.04. The highest BCUT2D eigenvalue weighted by atomic mass is 32.2. The number of ether oxygens (including phenoxy) is 1. The van der Waals surface area contributed by atoms with Crippen LogP contribution in [0.5, 0.6) is 5.75 Å². The van der Waals surface area contributed by atoms with Gasteiger partial charge in [0.05, 0.1) is 18.9 Å². The van der Waals surface area contributed by atoms with Gasteiger partial charge < -0.3 is 10.1 Å². The molecular weight excluding hydrogens is 313 g/mol. The molecule has 1 N–H and O–H groups in total. The summed E-state index contributed by atoms with van der Waals surface area (Å²) in [6.45, 7) is 1.95. The molecule has 5 heteroatoms. The van der Waals surface area contributed by atoms with Crippen LogP contribution in [0.2, 0.25) is 0 Å². The molecule has 0 unspecified atom stereocenters. The summed E-state index contributed by atoms with van der Waals surface area (Å²) in [6, 6.07) is 14.2. The van der Waals surface area contributed by atoms with E-state index in [-0.39, 0.29) is 17.8 Å². The number of nitrogens with one attached hydrogen (secondary N) is 1. The second-order valence-electron chi connectivity index (χ2n) is 5.15. The highest BCUT2D eigenvalue weighted by Gasteiger charge is 2.10. The van der Waals surface area contributed by atoms with Crippen molar-refractivity contribution in [2.24, 2.45) is 0 Å². The first kappa shape index (κ1) is 17.3. The van der Waals surface area contributed by atoms with Gasteiger partial charge in [-0.1, -0.05) is 30.3 Å². The van der Waals surface area contributed by atoms with E-state index in [0.29, 0.717) is 17.3 Å². The number of thioether (sulfide) groups is 1. The first-order valence-corrected chi connectivity index (χ1v) is 8.50. The van der Waals surface area contributed by atoms with Gasteiger partial charge in [0.2, 0.25) is 5.91 Å². The Bertz CT molecular complexity index is 649. The van der Waals surface area contributed by atoms with Crippen LogP contribution in [0, 0.1) is 5.82 Å². The lowest BCUT2D eigenvalue weighted by molar-refractivity contribution is -0.119. The minimum absolute atomic E-state index is 0.0343. The number of halogens is 1. The molecule has 0 aliphatic heterocycles. The normalized spacial score (nSPS) is 11.8. The summed E-state index contributed by atoms with van der Waals surface area (Å²) < 4.78 is 18.5. The van der Waals surface area contributed by atoms with Crippen LogP contribution in [0.3, 0.4) is 0 Å². The van der Waals surface area contributed by atoms with E-state index in [1.54, 1.807) is 13.2 Å². The third-order valence-corrected chi connectivity index (χ3v) is 4.39. The van der Waals surface area contributed by atoms with Gasteiger partial charge in [0.1, 0.15) is 11.6 Å². The van der Waals surface area contributed by atoms with Crippen molar-refractivity contribution in [1.82, 2.24) is 5.32 Å². The number of rotatable bonds is 7. The number of amides is 1. The lowest BCUT2D eigenvalue weighted by Crippen LogP contribution is -2.28. The monoisotopic (exact) mass is 333 g/mol. The molecule has 0 bridgehead atoms. The summed E-state index contributed by atoms with van der Waals surface area (Å²) >= 11 is 1.43. The Labute approximate surface area is 140 Å². The summed E-state index contributed by atoms with van der Waals surface area (Å²) in [5.74, 6) is 1.13.